The summed E-state index contributed by atoms with van der Waals surface area (Å²) in [5, 5.41) is 12.5. The third kappa shape index (κ3) is 6.13. The number of hydrogen-bond donors (Lipinski definition) is 3. The third-order valence-electron chi connectivity index (χ3n) is 4.55. The normalized spacial score (nSPS) is 15.0. The number of ether oxygens (including phenoxy) is 2. The zero-order chi connectivity index (χ0) is 21.5. The highest BCUT2D eigenvalue weighted by molar-refractivity contribution is 5.96. The van der Waals surface area contributed by atoms with Gasteiger partial charge in [0.05, 0.1) is 19.8 Å². The van der Waals surface area contributed by atoms with E-state index in [1.165, 1.54) is 11.1 Å². The Morgan fingerprint density at radius 1 is 1.23 bits per heavy atom. The number of methoxy groups -OCH3 is 1. The minimum Gasteiger partial charge on any atom is -0.493 e. The van der Waals surface area contributed by atoms with Gasteiger partial charge in [0.15, 0.2) is 11.5 Å². The first kappa shape index (κ1) is 24.0. The van der Waals surface area contributed by atoms with Gasteiger partial charge in [0.1, 0.15) is 0 Å². The van der Waals surface area contributed by atoms with Crippen molar-refractivity contribution in [3.05, 3.63) is 65.9 Å². The Hall–Kier alpha value is -3.23. The number of halogens is 1. The van der Waals surface area contributed by atoms with Crippen LogP contribution in [-0.2, 0) is 0 Å². The number of amides is 2. The molecule has 1 aliphatic rings. The van der Waals surface area contributed by atoms with Crippen LogP contribution < -0.4 is 20.2 Å². The molecule has 1 heterocycles. The van der Waals surface area contributed by atoms with E-state index in [2.05, 4.69) is 10.7 Å². The van der Waals surface area contributed by atoms with Crippen molar-refractivity contribution in [2.75, 3.05) is 19.0 Å². The molecule has 0 fully saturated rings. The summed E-state index contributed by atoms with van der Waals surface area (Å²) in [7, 11) is 1.60. The van der Waals surface area contributed by atoms with Crippen LogP contribution in [0.15, 0.2) is 54.7 Å². The zero-order valence-electron chi connectivity index (χ0n) is 17.3. The van der Waals surface area contributed by atoms with Crippen LogP contribution in [0.2, 0.25) is 0 Å². The second-order valence-corrected chi connectivity index (χ2v) is 6.75. The number of carboxylic acid groups (broad SMARTS) is 1. The largest absolute Gasteiger partial charge is 0.493 e. The second kappa shape index (κ2) is 11.2. The summed E-state index contributed by atoms with van der Waals surface area (Å²) in [6, 6.07) is 11.9. The highest BCUT2D eigenvalue weighted by Gasteiger charge is 2.23. The maximum absolute atomic E-state index is 12.9. The van der Waals surface area contributed by atoms with Crippen molar-refractivity contribution in [1.82, 2.24) is 10.4 Å². The Bertz CT molecular complexity index is 950. The Kier molecular flexibility index (Phi) is 8.72. The Balaban J connectivity index is 0.00000341. The molecule has 1 atom stereocenters. The van der Waals surface area contributed by atoms with E-state index in [-0.39, 0.29) is 24.4 Å². The van der Waals surface area contributed by atoms with E-state index in [1.54, 1.807) is 31.5 Å². The highest BCUT2D eigenvalue weighted by Crippen LogP contribution is 2.32. The molecule has 0 aromatic heterocycles. The Morgan fingerprint density at radius 2 is 2.03 bits per heavy atom. The zero-order valence-corrected chi connectivity index (χ0v) is 18.1. The lowest BCUT2D eigenvalue weighted by Gasteiger charge is -2.30. The predicted molar refractivity (Wildman–Crippen MR) is 120 cm³/mol. The molecule has 0 aliphatic carbocycles. The number of nitrogens with zero attached hydrogens (tertiary/aromatic N) is 1. The monoisotopic (exact) mass is 447 g/mol. The topological polar surface area (TPSA) is 100 Å². The number of anilines is 1. The number of nitrogens with one attached hydrogen (secondary N) is 2. The van der Waals surface area contributed by atoms with Crippen LogP contribution >= 0.6 is 12.4 Å². The summed E-state index contributed by atoms with van der Waals surface area (Å²) < 4.78 is 11.2. The van der Waals surface area contributed by atoms with Crippen molar-refractivity contribution in [3.63, 3.8) is 0 Å². The van der Waals surface area contributed by atoms with Crippen molar-refractivity contribution < 1.29 is 24.2 Å². The van der Waals surface area contributed by atoms with Crippen molar-refractivity contribution in [2.45, 2.75) is 25.8 Å². The molecular formula is C22H26ClN3O5. The van der Waals surface area contributed by atoms with Gasteiger partial charge in [-0.3, -0.25) is 10.1 Å². The van der Waals surface area contributed by atoms with Gasteiger partial charge in [0.25, 0.3) is 5.91 Å². The van der Waals surface area contributed by atoms with E-state index in [0.29, 0.717) is 35.8 Å². The van der Waals surface area contributed by atoms with Crippen molar-refractivity contribution in [2.24, 2.45) is 0 Å². The van der Waals surface area contributed by atoms with Crippen molar-refractivity contribution in [1.29, 1.82) is 0 Å². The summed E-state index contributed by atoms with van der Waals surface area (Å²) in [4.78, 5) is 23.8. The van der Waals surface area contributed by atoms with Gasteiger partial charge in [0, 0.05) is 17.5 Å². The minimum absolute atomic E-state index is 0. The first-order valence-electron chi connectivity index (χ1n) is 9.69. The van der Waals surface area contributed by atoms with Gasteiger partial charge in [-0.05, 0) is 48.7 Å². The lowest BCUT2D eigenvalue weighted by molar-refractivity contribution is 0.0713. The van der Waals surface area contributed by atoms with Crippen LogP contribution in [0.4, 0.5) is 10.5 Å². The van der Waals surface area contributed by atoms with Crippen LogP contribution in [-0.4, -0.2) is 35.8 Å². The van der Waals surface area contributed by atoms with Gasteiger partial charge in [-0.1, -0.05) is 25.1 Å². The molecule has 2 aromatic rings. The van der Waals surface area contributed by atoms with Gasteiger partial charge in [-0.25, -0.2) is 15.2 Å². The van der Waals surface area contributed by atoms with E-state index in [4.69, 9.17) is 14.6 Å². The molecule has 0 saturated heterocycles. The quantitative estimate of drug-likeness (QED) is 0.573. The van der Waals surface area contributed by atoms with E-state index in [1.807, 2.05) is 31.2 Å². The van der Waals surface area contributed by atoms with E-state index in [9.17, 15) is 9.59 Å². The van der Waals surface area contributed by atoms with Crippen molar-refractivity contribution >= 4 is 30.1 Å². The van der Waals surface area contributed by atoms with Crippen LogP contribution in [0.25, 0.3) is 0 Å². The molecule has 2 amide bonds. The van der Waals surface area contributed by atoms with Crippen LogP contribution in [0.3, 0.4) is 0 Å². The number of carbonyl (C=O) groups is 2. The van der Waals surface area contributed by atoms with Gasteiger partial charge in [-0.15, -0.1) is 12.4 Å². The summed E-state index contributed by atoms with van der Waals surface area (Å²) in [5.41, 5.74) is 4.87. The second-order valence-electron chi connectivity index (χ2n) is 6.75. The lowest BCUT2D eigenvalue weighted by atomic mass is 10.0. The fraction of sp³-hybridized carbons (Fsp3) is 0.273. The molecule has 2 aromatic carbocycles. The maximum Gasteiger partial charge on any atom is 0.409 e. The molecule has 3 rings (SSSR count). The third-order valence-corrected chi connectivity index (χ3v) is 4.55. The fourth-order valence-electron chi connectivity index (χ4n) is 3.13. The molecule has 9 heteroatoms. The summed E-state index contributed by atoms with van der Waals surface area (Å²) >= 11 is 0. The summed E-state index contributed by atoms with van der Waals surface area (Å²) in [6.07, 6.45) is 3.99. The standard InChI is InChI=1S/C22H25N3O5.ClH/c1-3-12-30-20-14-15(9-10-19(20)29-2)18-8-5-11-25(24-18)21(26)16-6-4-7-17(13-16)23-22(27)28;/h4-7,9-11,13-14,18,23-24H,3,8,12H2,1-2H3,(H,27,28);1H. The number of hydrogen-bond acceptors (Lipinski definition) is 5. The molecule has 0 spiro atoms. The Labute approximate surface area is 187 Å². The van der Waals surface area contributed by atoms with Gasteiger partial charge >= 0.3 is 6.09 Å². The molecule has 31 heavy (non-hydrogen) atoms. The average Bonchev–Trinajstić information content (AvgIpc) is 2.76. The molecule has 0 saturated carbocycles. The minimum atomic E-state index is -1.18. The maximum atomic E-state index is 12.9. The predicted octanol–water partition coefficient (Wildman–Crippen LogP) is 4.60. The summed E-state index contributed by atoms with van der Waals surface area (Å²) in [5.74, 6) is 1.04. The molecule has 0 radical (unpaired) electrons. The lowest BCUT2D eigenvalue weighted by Crippen LogP contribution is -2.43. The number of hydrazine groups is 1. The van der Waals surface area contributed by atoms with E-state index >= 15 is 0 Å². The van der Waals surface area contributed by atoms with Gasteiger partial charge in [-0.2, -0.15) is 0 Å². The fourth-order valence-corrected chi connectivity index (χ4v) is 3.13. The van der Waals surface area contributed by atoms with Gasteiger partial charge in [0.2, 0.25) is 0 Å². The average molecular weight is 448 g/mol. The molecular weight excluding hydrogens is 422 g/mol. The first-order chi connectivity index (χ1) is 14.5. The van der Waals surface area contributed by atoms with Crippen LogP contribution in [0.5, 0.6) is 11.5 Å². The highest BCUT2D eigenvalue weighted by atomic mass is 35.5. The van der Waals surface area contributed by atoms with Crippen LogP contribution in [0, 0.1) is 0 Å². The molecule has 1 unspecified atom stereocenters. The van der Waals surface area contributed by atoms with E-state index < -0.39 is 6.09 Å². The Morgan fingerprint density at radius 3 is 2.74 bits per heavy atom. The first-order valence-corrected chi connectivity index (χ1v) is 9.69. The van der Waals surface area contributed by atoms with Crippen molar-refractivity contribution in [3.8, 4) is 11.5 Å². The molecule has 8 nitrogen and oxygen atoms in total. The number of rotatable bonds is 7. The molecule has 166 valence electrons. The smallest absolute Gasteiger partial charge is 0.409 e. The number of carbonyl (C=O) groups excluding carboxylic acids is 1. The summed E-state index contributed by atoms with van der Waals surface area (Å²) in [6.45, 7) is 2.62. The molecule has 1 aliphatic heterocycles. The van der Waals surface area contributed by atoms with E-state index in [0.717, 1.165) is 12.0 Å². The SMILES string of the molecule is CCCOc1cc(C2CC=CN(C(=O)c3cccc(NC(=O)O)c3)N2)ccc1OC.Cl. The molecule has 3 N–H and O–H groups in total. The molecule has 0 bridgehead atoms. The van der Waals surface area contributed by atoms with Gasteiger partial charge < -0.3 is 14.6 Å². The van der Waals surface area contributed by atoms with Crippen LogP contribution in [0.1, 0.15) is 41.7 Å². The number of benzene rings is 2.